The lowest BCUT2D eigenvalue weighted by Crippen LogP contribution is -2.42. The van der Waals surface area contributed by atoms with E-state index in [0.717, 1.165) is 12.5 Å². The molecule has 0 bridgehead atoms. The summed E-state index contributed by atoms with van der Waals surface area (Å²) in [7, 11) is -6.95. The van der Waals surface area contributed by atoms with Crippen molar-refractivity contribution in [3.05, 3.63) is 0 Å². The Morgan fingerprint density at radius 3 is 2.39 bits per heavy atom. The first kappa shape index (κ1) is 15.8. The fourth-order valence-electron chi connectivity index (χ4n) is 1.89. The van der Waals surface area contributed by atoms with Crippen molar-refractivity contribution in [2.45, 2.75) is 18.9 Å². The number of hydrogen-bond donors (Lipinski definition) is 1. The van der Waals surface area contributed by atoms with Crippen LogP contribution in [0.25, 0.3) is 0 Å². The second-order valence-electron chi connectivity index (χ2n) is 4.41. The molecule has 18 heavy (non-hydrogen) atoms. The monoisotopic (exact) mass is 301 g/mol. The smallest absolute Gasteiger partial charge is 0.264 e. The van der Waals surface area contributed by atoms with Crippen molar-refractivity contribution < 1.29 is 25.2 Å². The summed E-state index contributed by atoms with van der Waals surface area (Å²) in [5.41, 5.74) is 0. The summed E-state index contributed by atoms with van der Waals surface area (Å²) in [5, 5.41) is 3.12. The van der Waals surface area contributed by atoms with Gasteiger partial charge in [0.2, 0.25) is 0 Å². The zero-order valence-electron chi connectivity index (χ0n) is 10.5. The lowest BCUT2D eigenvalue weighted by molar-refractivity contribution is 0.0946. The fraction of sp³-hybridized carbons (Fsp3) is 1.00. The van der Waals surface area contributed by atoms with E-state index in [1.54, 1.807) is 0 Å². The fourth-order valence-corrected chi connectivity index (χ4v) is 2.99. The summed E-state index contributed by atoms with van der Waals surface area (Å²) >= 11 is 0. The van der Waals surface area contributed by atoms with Crippen LogP contribution < -0.4 is 5.32 Å². The SMILES string of the molecule is CS(=O)(=O)OCCC1CNCCC1OS(C)(=O)=O. The Morgan fingerprint density at radius 2 is 1.83 bits per heavy atom. The quantitative estimate of drug-likeness (QED) is 0.648. The lowest BCUT2D eigenvalue weighted by Gasteiger charge is -2.30. The molecule has 1 fully saturated rings. The average molecular weight is 301 g/mol. The molecule has 1 rings (SSSR count). The van der Waals surface area contributed by atoms with Crippen molar-refractivity contribution in [3.8, 4) is 0 Å². The minimum absolute atomic E-state index is 0.0365. The third-order valence-corrected chi connectivity index (χ3v) is 3.81. The predicted molar refractivity (Wildman–Crippen MR) is 66.1 cm³/mol. The molecule has 1 heterocycles. The van der Waals surface area contributed by atoms with E-state index in [4.69, 9.17) is 4.18 Å². The molecule has 1 N–H and O–H groups in total. The summed E-state index contributed by atoms with van der Waals surface area (Å²) in [6.45, 7) is 1.31. The van der Waals surface area contributed by atoms with Crippen LogP contribution in [0.4, 0.5) is 0 Å². The first-order valence-electron chi connectivity index (χ1n) is 5.61. The highest BCUT2D eigenvalue weighted by Crippen LogP contribution is 2.20. The van der Waals surface area contributed by atoms with E-state index in [-0.39, 0.29) is 12.5 Å². The molecule has 1 aliphatic heterocycles. The Labute approximate surface area is 108 Å². The summed E-state index contributed by atoms with van der Waals surface area (Å²) in [6, 6.07) is 0. The van der Waals surface area contributed by atoms with Crippen molar-refractivity contribution in [2.24, 2.45) is 5.92 Å². The van der Waals surface area contributed by atoms with Gasteiger partial charge in [0.05, 0.1) is 25.2 Å². The summed E-state index contributed by atoms with van der Waals surface area (Å²) in [4.78, 5) is 0. The highest BCUT2D eigenvalue weighted by atomic mass is 32.2. The van der Waals surface area contributed by atoms with Gasteiger partial charge in [-0.3, -0.25) is 8.37 Å². The van der Waals surface area contributed by atoms with Gasteiger partial charge >= 0.3 is 0 Å². The molecular formula is C9H19NO6S2. The standard InChI is InChI=1S/C9H19NO6S2/c1-17(11,12)15-6-4-8-7-10-5-3-9(8)16-18(2,13)14/h8-10H,3-7H2,1-2H3. The molecule has 1 saturated heterocycles. The Hall–Kier alpha value is -0.220. The summed E-state index contributed by atoms with van der Waals surface area (Å²) in [5.74, 6) is -0.0739. The molecule has 2 unspecified atom stereocenters. The normalized spacial score (nSPS) is 26.1. The number of hydrogen-bond acceptors (Lipinski definition) is 7. The van der Waals surface area contributed by atoms with Gasteiger partial charge in [-0.15, -0.1) is 0 Å². The Morgan fingerprint density at radius 1 is 1.17 bits per heavy atom. The van der Waals surface area contributed by atoms with Crippen molar-refractivity contribution in [1.82, 2.24) is 5.32 Å². The molecule has 0 aromatic rings. The van der Waals surface area contributed by atoms with Gasteiger partial charge in [0.15, 0.2) is 0 Å². The maximum atomic E-state index is 11.1. The Balaban J connectivity index is 2.50. The first-order chi connectivity index (χ1) is 8.17. The van der Waals surface area contributed by atoms with E-state index in [0.29, 0.717) is 25.9 Å². The molecule has 0 amide bonds. The molecule has 0 aromatic heterocycles. The molecule has 108 valence electrons. The average Bonchev–Trinajstić information content (AvgIpc) is 2.16. The van der Waals surface area contributed by atoms with Crippen LogP contribution in [0, 0.1) is 5.92 Å². The molecule has 9 heteroatoms. The minimum Gasteiger partial charge on any atom is -0.316 e. The van der Waals surface area contributed by atoms with E-state index >= 15 is 0 Å². The number of nitrogens with one attached hydrogen (secondary N) is 1. The van der Waals surface area contributed by atoms with Crippen LogP contribution in [0.1, 0.15) is 12.8 Å². The molecule has 0 aromatic carbocycles. The molecule has 0 spiro atoms. The Kier molecular flexibility index (Phi) is 5.53. The maximum Gasteiger partial charge on any atom is 0.264 e. The van der Waals surface area contributed by atoms with E-state index in [1.165, 1.54) is 0 Å². The molecule has 0 saturated carbocycles. The molecule has 0 radical (unpaired) electrons. The van der Waals surface area contributed by atoms with Crippen molar-refractivity contribution in [2.75, 3.05) is 32.2 Å². The van der Waals surface area contributed by atoms with Gasteiger partial charge < -0.3 is 5.32 Å². The van der Waals surface area contributed by atoms with Gasteiger partial charge in [0.25, 0.3) is 20.2 Å². The second kappa shape index (κ2) is 6.29. The van der Waals surface area contributed by atoms with E-state index < -0.39 is 26.3 Å². The topological polar surface area (TPSA) is 98.8 Å². The van der Waals surface area contributed by atoms with Gasteiger partial charge in [0.1, 0.15) is 0 Å². The van der Waals surface area contributed by atoms with Crippen LogP contribution in [0.5, 0.6) is 0 Å². The van der Waals surface area contributed by atoms with Crippen molar-refractivity contribution in [1.29, 1.82) is 0 Å². The van der Waals surface area contributed by atoms with Gasteiger partial charge in [-0.2, -0.15) is 16.8 Å². The van der Waals surface area contributed by atoms with Crippen LogP contribution in [0.2, 0.25) is 0 Å². The highest BCUT2D eigenvalue weighted by Gasteiger charge is 2.28. The molecule has 2 atom stereocenters. The third-order valence-electron chi connectivity index (χ3n) is 2.62. The summed E-state index contributed by atoms with van der Waals surface area (Å²) in [6.07, 6.45) is 2.59. The second-order valence-corrected chi connectivity index (χ2v) is 7.65. The molecule has 1 aliphatic rings. The van der Waals surface area contributed by atoms with Crippen LogP contribution in [0.15, 0.2) is 0 Å². The largest absolute Gasteiger partial charge is 0.316 e. The van der Waals surface area contributed by atoms with E-state index in [2.05, 4.69) is 9.50 Å². The van der Waals surface area contributed by atoms with Gasteiger partial charge in [-0.25, -0.2) is 0 Å². The number of piperidine rings is 1. The zero-order chi connectivity index (χ0) is 13.8. The summed E-state index contributed by atoms with van der Waals surface area (Å²) < 4.78 is 53.5. The van der Waals surface area contributed by atoms with E-state index in [9.17, 15) is 16.8 Å². The van der Waals surface area contributed by atoms with Gasteiger partial charge in [0, 0.05) is 12.5 Å². The van der Waals surface area contributed by atoms with Crippen LogP contribution in [0.3, 0.4) is 0 Å². The zero-order valence-corrected chi connectivity index (χ0v) is 12.1. The molecule has 0 aliphatic carbocycles. The Bertz CT molecular complexity index is 457. The first-order valence-corrected chi connectivity index (χ1v) is 9.24. The van der Waals surface area contributed by atoms with Gasteiger partial charge in [-0.1, -0.05) is 0 Å². The number of rotatable bonds is 6. The van der Waals surface area contributed by atoms with Crippen molar-refractivity contribution >= 4 is 20.2 Å². The van der Waals surface area contributed by atoms with Crippen molar-refractivity contribution in [3.63, 3.8) is 0 Å². The van der Waals surface area contributed by atoms with Crippen LogP contribution in [-0.2, 0) is 28.6 Å². The lowest BCUT2D eigenvalue weighted by atomic mass is 9.93. The maximum absolute atomic E-state index is 11.1. The molecular weight excluding hydrogens is 282 g/mol. The van der Waals surface area contributed by atoms with Gasteiger partial charge in [-0.05, 0) is 19.4 Å². The third kappa shape index (κ3) is 6.64. The highest BCUT2D eigenvalue weighted by molar-refractivity contribution is 7.86. The molecule has 7 nitrogen and oxygen atoms in total. The van der Waals surface area contributed by atoms with Crippen LogP contribution >= 0.6 is 0 Å². The van der Waals surface area contributed by atoms with Crippen LogP contribution in [-0.4, -0.2) is 55.1 Å². The minimum atomic E-state index is -3.50. The predicted octanol–water partition coefficient (Wildman–Crippen LogP) is -0.693. The van der Waals surface area contributed by atoms with E-state index in [1.807, 2.05) is 0 Å².